The van der Waals surface area contributed by atoms with Crippen LogP contribution in [0.5, 0.6) is 0 Å². The van der Waals surface area contributed by atoms with Gasteiger partial charge in [0.2, 0.25) is 5.89 Å². The average molecular weight is 328 g/mol. The molecule has 0 saturated heterocycles. The van der Waals surface area contributed by atoms with Crippen LogP contribution >= 0.6 is 11.6 Å². The second-order valence-electron chi connectivity index (χ2n) is 5.37. The van der Waals surface area contributed by atoms with E-state index in [9.17, 15) is 0 Å². The van der Waals surface area contributed by atoms with E-state index in [2.05, 4.69) is 15.3 Å². The number of aromatic nitrogens is 2. The van der Waals surface area contributed by atoms with Crippen LogP contribution in [0.2, 0.25) is 5.02 Å². The zero-order valence-corrected chi connectivity index (χ0v) is 13.8. The summed E-state index contributed by atoms with van der Waals surface area (Å²) in [5.41, 5.74) is 2.89. The molecule has 1 aromatic carbocycles. The summed E-state index contributed by atoms with van der Waals surface area (Å²) >= 11 is 6.14. The highest BCUT2D eigenvalue weighted by atomic mass is 35.5. The zero-order valence-electron chi connectivity index (χ0n) is 13.1. The molecule has 23 heavy (non-hydrogen) atoms. The number of nitrogens with zero attached hydrogens (tertiary/aromatic N) is 2. The first-order valence-electron chi connectivity index (χ1n) is 7.46. The molecule has 5 heteroatoms. The van der Waals surface area contributed by atoms with E-state index in [0.717, 1.165) is 22.7 Å². The molecule has 0 aliphatic carbocycles. The summed E-state index contributed by atoms with van der Waals surface area (Å²) in [6.45, 7) is 4.37. The molecule has 1 atom stereocenters. The molecule has 0 aliphatic heterocycles. The van der Waals surface area contributed by atoms with Gasteiger partial charge in [0.05, 0.1) is 24.0 Å². The standard InChI is InChI=1S/C18H18ClN3O/c1-12-13(2)23-17(22-12)11-21-18(16-8-3-4-9-20-16)14-6-5-7-15(19)10-14/h3-10,18,21H,11H2,1-2H3/t18-/m0/s1. The van der Waals surface area contributed by atoms with E-state index >= 15 is 0 Å². The molecular formula is C18H18ClN3O. The molecule has 0 fully saturated rings. The van der Waals surface area contributed by atoms with Crippen molar-refractivity contribution < 1.29 is 4.42 Å². The van der Waals surface area contributed by atoms with Crippen molar-refractivity contribution in [1.82, 2.24) is 15.3 Å². The Labute approximate surface area is 140 Å². The number of hydrogen-bond acceptors (Lipinski definition) is 4. The van der Waals surface area contributed by atoms with E-state index < -0.39 is 0 Å². The van der Waals surface area contributed by atoms with Crippen molar-refractivity contribution in [3.8, 4) is 0 Å². The highest BCUT2D eigenvalue weighted by Gasteiger charge is 2.16. The minimum Gasteiger partial charge on any atom is -0.444 e. The molecule has 0 spiro atoms. The van der Waals surface area contributed by atoms with Crippen molar-refractivity contribution in [1.29, 1.82) is 0 Å². The lowest BCUT2D eigenvalue weighted by Crippen LogP contribution is -2.23. The maximum atomic E-state index is 6.14. The van der Waals surface area contributed by atoms with Crippen molar-refractivity contribution in [3.63, 3.8) is 0 Å². The largest absolute Gasteiger partial charge is 0.444 e. The van der Waals surface area contributed by atoms with Crippen LogP contribution in [0.4, 0.5) is 0 Å². The topological polar surface area (TPSA) is 51.0 Å². The van der Waals surface area contributed by atoms with Gasteiger partial charge in [-0.2, -0.15) is 0 Å². The Balaban J connectivity index is 1.86. The first kappa shape index (κ1) is 15.7. The second kappa shape index (κ2) is 6.94. The molecule has 2 heterocycles. The highest BCUT2D eigenvalue weighted by Crippen LogP contribution is 2.23. The summed E-state index contributed by atoms with van der Waals surface area (Å²) in [5.74, 6) is 1.52. The Hall–Kier alpha value is -2.17. The van der Waals surface area contributed by atoms with E-state index in [1.807, 2.05) is 56.3 Å². The lowest BCUT2D eigenvalue weighted by molar-refractivity contribution is 0.436. The van der Waals surface area contributed by atoms with Gasteiger partial charge in [0.1, 0.15) is 5.76 Å². The molecule has 0 unspecified atom stereocenters. The van der Waals surface area contributed by atoms with E-state index in [-0.39, 0.29) is 6.04 Å². The van der Waals surface area contributed by atoms with E-state index in [4.69, 9.17) is 16.0 Å². The van der Waals surface area contributed by atoms with Crippen LogP contribution in [0.3, 0.4) is 0 Å². The molecule has 1 N–H and O–H groups in total. The smallest absolute Gasteiger partial charge is 0.208 e. The fourth-order valence-corrected chi connectivity index (χ4v) is 2.63. The van der Waals surface area contributed by atoms with Gasteiger partial charge in [0, 0.05) is 11.2 Å². The van der Waals surface area contributed by atoms with Crippen LogP contribution in [0.15, 0.2) is 53.1 Å². The maximum Gasteiger partial charge on any atom is 0.208 e. The summed E-state index contributed by atoms with van der Waals surface area (Å²) in [4.78, 5) is 8.87. The lowest BCUT2D eigenvalue weighted by atomic mass is 10.0. The normalized spacial score (nSPS) is 12.3. The van der Waals surface area contributed by atoms with Gasteiger partial charge in [0.25, 0.3) is 0 Å². The van der Waals surface area contributed by atoms with Crippen LogP contribution in [0.1, 0.15) is 34.6 Å². The monoisotopic (exact) mass is 327 g/mol. The van der Waals surface area contributed by atoms with Gasteiger partial charge in [-0.15, -0.1) is 0 Å². The molecule has 118 valence electrons. The Morgan fingerprint density at radius 1 is 1.17 bits per heavy atom. The molecule has 3 aromatic rings. The number of nitrogens with one attached hydrogen (secondary N) is 1. The van der Waals surface area contributed by atoms with Gasteiger partial charge in [-0.3, -0.25) is 10.3 Å². The third kappa shape index (κ3) is 3.78. The number of aryl methyl sites for hydroxylation is 2. The summed E-state index contributed by atoms with van der Waals surface area (Å²) in [6, 6.07) is 13.6. The van der Waals surface area contributed by atoms with Crippen LogP contribution in [-0.4, -0.2) is 9.97 Å². The Morgan fingerprint density at radius 2 is 2.04 bits per heavy atom. The minimum atomic E-state index is -0.0811. The summed E-state index contributed by atoms with van der Waals surface area (Å²) in [6.07, 6.45) is 1.79. The Kier molecular flexibility index (Phi) is 4.74. The van der Waals surface area contributed by atoms with Gasteiger partial charge in [-0.05, 0) is 43.7 Å². The van der Waals surface area contributed by atoms with Crippen LogP contribution in [0.25, 0.3) is 0 Å². The Bertz CT molecular complexity index is 766. The van der Waals surface area contributed by atoms with Gasteiger partial charge < -0.3 is 4.42 Å². The van der Waals surface area contributed by atoms with E-state index in [0.29, 0.717) is 17.5 Å². The molecule has 2 aromatic heterocycles. The summed E-state index contributed by atoms with van der Waals surface area (Å²) in [5, 5.41) is 4.16. The van der Waals surface area contributed by atoms with Crippen molar-refractivity contribution >= 4 is 11.6 Å². The molecule has 3 rings (SSSR count). The second-order valence-corrected chi connectivity index (χ2v) is 5.81. The number of hydrogen-bond donors (Lipinski definition) is 1. The molecule has 4 nitrogen and oxygen atoms in total. The predicted molar refractivity (Wildman–Crippen MR) is 90.3 cm³/mol. The quantitative estimate of drug-likeness (QED) is 0.762. The van der Waals surface area contributed by atoms with Crippen molar-refractivity contribution in [2.24, 2.45) is 0 Å². The van der Waals surface area contributed by atoms with Crippen molar-refractivity contribution in [3.05, 3.63) is 82.3 Å². The van der Waals surface area contributed by atoms with Crippen LogP contribution in [-0.2, 0) is 6.54 Å². The first-order valence-corrected chi connectivity index (χ1v) is 7.84. The lowest BCUT2D eigenvalue weighted by Gasteiger charge is -2.18. The molecule has 0 saturated carbocycles. The maximum absolute atomic E-state index is 6.14. The van der Waals surface area contributed by atoms with Crippen LogP contribution in [0, 0.1) is 13.8 Å². The van der Waals surface area contributed by atoms with E-state index in [1.165, 1.54) is 0 Å². The fourth-order valence-electron chi connectivity index (χ4n) is 2.43. The molecule has 0 amide bonds. The van der Waals surface area contributed by atoms with E-state index in [1.54, 1.807) is 6.20 Å². The van der Waals surface area contributed by atoms with Gasteiger partial charge >= 0.3 is 0 Å². The number of pyridine rings is 1. The predicted octanol–water partition coefficient (Wildman–Crippen LogP) is 4.22. The average Bonchev–Trinajstić information content (AvgIpc) is 2.87. The van der Waals surface area contributed by atoms with Crippen LogP contribution < -0.4 is 5.32 Å². The molecule has 0 bridgehead atoms. The third-order valence-corrected chi connectivity index (χ3v) is 3.93. The number of halogens is 1. The molecular weight excluding hydrogens is 310 g/mol. The summed E-state index contributed by atoms with van der Waals surface area (Å²) in [7, 11) is 0. The van der Waals surface area contributed by atoms with Gasteiger partial charge in [0.15, 0.2) is 0 Å². The SMILES string of the molecule is Cc1nc(CN[C@@H](c2cccc(Cl)c2)c2ccccn2)oc1C. The number of benzene rings is 1. The highest BCUT2D eigenvalue weighted by molar-refractivity contribution is 6.30. The number of rotatable bonds is 5. The zero-order chi connectivity index (χ0) is 16.2. The Morgan fingerprint density at radius 3 is 2.70 bits per heavy atom. The van der Waals surface area contributed by atoms with Crippen molar-refractivity contribution in [2.75, 3.05) is 0 Å². The van der Waals surface area contributed by atoms with Crippen molar-refractivity contribution in [2.45, 2.75) is 26.4 Å². The van der Waals surface area contributed by atoms with Gasteiger partial charge in [-0.1, -0.05) is 29.8 Å². The minimum absolute atomic E-state index is 0.0811. The first-order chi connectivity index (χ1) is 11.1. The third-order valence-electron chi connectivity index (χ3n) is 3.70. The molecule has 0 aliphatic rings. The number of oxazole rings is 1. The fraction of sp³-hybridized carbons (Fsp3) is 0.222. The summed E-state index contributed by atoms with van der Waals surface area (Å²) < 4.78 is 5.64. The molecule has 0 radical (unpaired) electrons. The van der Waals surface area contributed by atoms with Gasteiger partial charge in [-0.25, -0.2) is 4.98 Å².